The Morgan fingerprint density at radius 1 is 1.39 bits per heavy atom. The fraction of sp³-hybridized carbons (Fsp3) is 0.375. The predicted octanol–water partition coefficient (Wildman–Crippen LogP) is 4.35. The number of aromatic nitrogens is 1. The van der Waals surface area contributed by atoms with Crippen molar-refractivity contribution in [1.82, 2.24) is 15.2 Å². The molecule has 1 aromatic carbocycles. The van der Waals surface area contributed by atoms with Crippen LogP contribution in [0.3, 0.4) is 0 Å². The smallest absolute Gasteiger partial charge is 0.194 e. The first-order valence-electron chi connectivity index (χ1n) is 7.07. The van der Waals surface area contributed by atoms with Gasteiger partial charge in [-0.2, -0.15) is 0 Å². The molecule has 0 aliphatic carbocycles. The molecular formula is C16H22BrIN4S. The Kier molecular flexibility index (Phi) is 8.49. The number of benzene rings is 1. The minimum absolute atomic E-state index is 0. The molecule has 4 nitrogen and oxygen atoms in total. The van der Waals surface area contributed by atoms with E-state index < -0.39 is 0 Å². The van der Waals surface area contributed by atoms with Gasteiger partial charge < -0.3 is 10.2 Å². The summed E-state index contributed by atoms with van der Waals surface area (Å²) in [5.74, 6) is 0.868. The molecule has 2 rings (SSSR count). The van der Waals surface area contributed by atoms with Gasteiger partial charge in [-0.15, -0.1) is 35.3 Å². The molecule has 0 fully saturated rings. The molecule has 0 saturated heterocycles. The highest BCUT2D eigenvalue weighted by Crippen LogP contribution is 2.16. The Morgan fingerprint density at radius 2 is 2.13 bits per heavy atom. The highest BCUT2D eigenvalue weighted by molar-refractivity contribution is 14.0. The monoisotopic (exact) mass is 508 g/mol. The van der Waals surface area contributed by atoms with Crippen LogP contribution in [-0.2, 0) is 13.1 Å². The van der Waals surface area contributed by atoms with Crippen molar-refractivity contribution in [3.8, 4) is 0 Å². The first kappa shape index (κ1) is 20.4. The molecule has 0 amide bonds. The van der Waals surface area contributed by atoms with Crippen molar-refractivity contribution < 1.29 is 0 Å². The summed E-state index contributed by atoms with van der Waals surface area (Å²) in [7, 11) is 3.83. The number of thiazole rings is 1. The Balaban J connectivity index is 0.00000264. The van der Waals surface area contributed by atoms with Crippen molar-refractivity contribution in [2.45, 2.75) is 26.9 Å². The Labute approximate surface area is 167 Å². The van der Waals surface area contributed by atoms with E-state index in [0.29, 0.717) is 0 Å². The van der Waals surface area contributed by atoms with Gasteiger partial charge in [0.1, 0.15) is 0 Å². The maximum atomic E-state index is 4.50. The van der Waals surface area contributed by atoms with E-state index in [0.717, 1.165) is 34.2 Å². The first-order chi connectivity index (χ1) is 10.5. The second-order valence-corrected chi connectivity index (χ2v) is 7.16. The second-order valence-electron chi connectivity index (χ2n) is 5.19. The van der Waals surface area contributed by atoms with Gasteiger partial charge in [0.2, 0.25) is 0 Å². The molecule has 0 atom stereocenters. The van der Waals surface area contributed by atoms with E-state index in [9.17, 15) is 0 Å². The summed E-state index contributed by atoms with van der Waals surface area (Å²) in [6.07, 6.45) is 0. The van der Waals surface area contributed by atoms with Crippen molar-refractivity contribution in [1.29, 1.82) is 0 Å². The van der Waals surface area contributed by atoms with Gasteiger partial charge in [0, 0.05) is 30.5 Å². The summed E-state index contributed by atoms with van der Waals surface area (Å²) < 4.78 is 1.11. The summed E-state index contributed by atoms with van der Waals surface area (Å²) in [6, 6.07) is 6.32. The fourth-order valence-electron chi connectivity index (χ4n) is 2.22. The van der Waals surface area contributed by atoms with Crippen LogP contribution in [0.2, 0.25) is 0 Å². The summed E-state index contributed by atoms with van der Waals surface area (Å²) >= 11 is 5.17. The number of hydrogen-bond acceptors (Lipinski definition) is 3. The van der Waals surface area contributed by atoms with Crippen LogP contribution in [-0.4, -0.2) is 29.9 Å². The van der Waals surface area contributed by atoms with Crippen LogP contribution in [0.4, 0.5) is 0 Å². The van der Waals surface area contributed by atoms with Crippen molar-refractivity contribution in [2.75, 3.05) is 14.1 Å². The first-order valence-corrected chi connectivity index (χ1v) is 8.74. The average Bonchev–Trinajstić information content (AvgIpc) is 2.86. The molecule has 23 heavy (non-hydrogen) atoms. The number of nitrogens with one attached hydrogen (secondary N) is 1. The fourth-order valence-corrected chi connectivity index (χ4v) is 3.29. The number of hydrogen-bond donors (Lipinski definition) is 1. The standard InChI is InChI=1S/C16H21BrN4S.HI/c1-11-7-14(17)6-5-13(11)8-19-16(18-3)21(4)9-15-10-22-12(2)20-15;/h5-7,10H,8-9H2,1-4H3,(H,18,19);1H. The summed E-state index contributed by atoms with van der Waals surface area (Å²) in [4.78, 5) is 10.9. The molecule has 2 aromatic rings. The van der Waals surface area contributed by atoms with Gasteiger partial charge in [-0.05, 0) is 37.1 Å². The van der Waals surface area contributed by atoms with Gasteiger partial charge in [0.25, 0.3) is 0 Å². The van der Waals surface area contributed by atoms with Crippen LogP contribution in [0, 0.1) is 13.8 Å². The number of nitrogens with zero attached hydrogens (tertiary/aromatic N) is 3. The van der Waals surface area contributed by atoms with E-state index in [1.54, 1.807) is 18.4 Å². The zero-order chi connectivity index (χ0) is 16.1. The highest BCUT2D eigenvalue weighted by Gasteiger charge is 2.09. The molecule has 1 N–H and O–H groups in total. The van der Waals surface area contributed by atoms with Gasteiger partial charge in [0.05, 0.1) is 17.2 Å². The molecule has 0 saturated carbocycles. The van der Waals surface area contributed by atoms with Crippen LogP contribution in [0.15, 0.2) is 33.0 Å². The van der Waals surface area contributed by atoms with E-state index in [-0.39, 0.29) is 24.0 Å². The SMILES string of the molecule is CN=C(NCc1ccc(Br)cc1C)N(C)Cc1csc(C)n1.I. The molecule has 0 spiro atoms. The molecular weight excluding hydrogens is 487 g/mol. The van der Waals surface area contributed by atoms with Crippen molar-refractivity contribution in [3.05, 3.63) is 49.9 Å². The summed E-state index contributed by atoms with van der Waals surface area (Å²) in [5, 5.41) is 6.60. The van der Waals surface area contributed by atoms with Crippen molar-refractivity contribution >= 4 is 57.2 Å². The minimum atomic E-state index is 0. The second kappa shape index (κ2) is 9.58. The number of aliphatic imine (C=N–C) groups is 1. The highest BCUT2D eigenvalue weighted by atomic mass is 127. The summed E-state index contributed by atoms with van der Waals surface area (Å²) in [5.41, 5.74) is 3.60. The third kappa shape index (κ3) is 6.04. The molecule has 1 heterocycles. The van der Waals surface area contributed by atoms with E-state index in [1.807, 2.05) is 14.0 Å². The van der Waals surface area contributed by atoms with Crippen LogP contribution in [0.5, 0.6) is 0 Å². The molecule has 1 aromatic heterocycles. The van der Waals surface area contributed by atoms with Crippen molar-refractivity contribution in [3.63, 3.8) is 0 Å². The third-order valence-electron chi connectivity index (χ3n) is 3.38. The lowest BCUT2D eigenvalue weighted by atomic mass is 10.1. The maximum Gasteiger partial charge on any atom is 0.194 e. The lowest BCUT2D eigenvalue weighted by Crippen LogP contribution is -2.38. The Hall–Kier alpha value is -0.670. The van der Waals surface area contributed by atoms with Gasteiger partial charge in [-0.1, -0.05) is 22.0 Å². The zero-order valence-corrected chi connectivity index (χ0v) is 18.5. The number of aryl methyl sites for hydroxylation is 2. The van der Waals surface area contributed by atoms with E-state index >= 15 is 0 Å². The van der Waals surface area contributed by atoms with Gasteiger partial charge >= 0.3 is 0 Å². The van der Waals surface area contributed by atoms with Gasteiger partial charge in [-0.25, -0.2) is 4.98 Å². The quantitative estimate of drug-likeness (QED) is 0.379. The van der Waals surface area contributed by atoms with Crippen LogP contribution in [0.1, 0.15) is 21.8 Å². The minimum Gasteiger partial charge on any atom is -0.352 e. The Bertz CT molecular complexity index is 672. The third-order valence-corrected chi connectivity index (χ3v) is 4.70. The molecule has 0 bridgehead atoms. The predicted molar refractivity (Wildman–Crippen MR) is 113 cm³/mol. The van der Waals surface area contributed by atoms with Gasteiger partial charge in [0.15, 0.2) is 5.96 Å². The molecule has 126 valence electrons. The van der Waals surface area contributed by atoms with Crippen molar-refractivity contribution in [2.24, 2.45) is 4.99 Å². The number of halogens is 2. The molecule has 7 heteroatoms. The van der Waals surface area contributed by atoms with Gasteiger partial charge in [-0.3, -0.25) is 4.99 Å². The summed E-state index contributed by atoms with van der Waals surface area (Å²) in [6.45, 7) is 5.65. The van der Waals surface area contributed by atoms with Crippen LogP contribution < -0.4 is 5.32 Å². The van der Waals surface area contributed by atoms with E-state index in [4.69, 9.17) is 0 Å². The molecule has 0 aliphatic rings. The average molecular weight is 509 g/mol. The van der Waals surface area contributed by atoms with Crippen LogP contribution >= 0.6 is 51.2 Å². The van der Waals surface area contributed by atoms with Crippen LogP contribution in [0.25, 0.3) is 0 Å². The molecule has 0 radical (unpaired) electrons. The lowest BCUT2D eigenvalue weighted by molar-refractivity contribution is 0.470. The molecule has 0 unspecified atom stereocenters. The topological polar surface area (TPSA) is 40.5 Å². The number of guanidine groups is 1. The zero-order valence-electron chi connectivity index (χ0n) is 13.8. The van der Waals surface area contributed by atoms with E-state index in [1.165, 1.54) is 11.1 Å². The molecule has 0 aliphatic heterocycles. The largest absolute Gasteiger partial charge is 0.352 e. The Morgan fingerprint density at radius 3 is 2.70 bits per heavy atom. The maximum absolute atomic E-state index is 4.50. The normalized spacial score (nSPS) is 11.1. The van der Waals surface area contributed by atoms with E-state index in [2.05, 4.69) is 66.6 Å². The number of rotatable bonds is 4. The lowest BCUT2D eigenvalue weighted by Gasteiger charge is -2.21.